The smallest absolute Gasteiger partial charge is 0.343 e. The molecule has 1 aromatic rings. The minimum atomic E-state index is -0.325. The third kappa shape index (κ3) is 1.38. The van der Waals surface area contributed by atoms with Gasteiger partial charge in [-0.05, 0) is 0 Å². The van der Waals surface area contributed by atoms with E-state index in [1.54, 1.807) is 6.08 Å². The topological polar surface area (TPSA) is 70.9 Å². The summed E-state index contributed by atoms with van der Waals surface area (Å²) in [6.07, 6.45) is 1.57. The summed E-state index contributed by atoms with van der Waals surface area (Å²) in [5.74, 6) is 0.329. The van der Waals surface area contributed by atoms with E-state index in [1.807, 2.05) is 0 Å². The largest absolute Gasteiger partial charge is 0.388 e. The van der Waals surface area contributed by atoms with Crippen molar-refractivity contribution in [1.82, 2.24) is 14.8 Å². The van der Waals surface area contributed by atoms with E-state index >= 15 is 0 Å². The fourth-order valence-electron chi connectivity index (χ4n) is 0.788. The lowest BCUT2D eigenvalue weighted by molar-refractivity contribution is 0.265. The third-order valence-corrected chi connectivity index (χ3v) is 1.29. The molecule has 0 atom stereocenters. The number of aromatic nitrogens is 3. The quantitative estimate of drug-likeness (QED) is 0.564. The van der Waals surface area contributed by atoms with E-state index in [2.05, 4.69) is 16.8 Å². The van der Waals surface area contributed by atoms with Crippen molar-refractivity contribution in [3.8, 4) is 0 Å². The zero-order chi connectivity index (χ0) is 8.27. The van der Waals surface area contributed by atoms with E-state index in [0.29, 0.717) is 12.4 Å². The van der Waals surface area contributed by atoms with Gasteiger partial charge in [0.25, 0.3) is 0 Å². The molecule has 0 bridgehead atoms. The molecule has 0 radical (unpaired) electrons. The molecule has 0 unspecified atom stereocenters. The molecular weight excluding hydrogens is 146 g/mol. The van der Waals surface area contributed by atoms with E-state index in [-0.39, 0.29) is 12.3 Å². The minimum Gasteiger partial charge on any atom is -0.388 e. The fourth-order valence-corrected chi connectivity index (χ4v) is 0.788. The second kappa shape index (κ2) is 3.16. The van der Waals surface area contributed by atoms with Gasteiger partial charge in [-0.2, -0.15) is 5.10 Å². The Morgan fingerprint density at radius 1 is 1.82 bits per heavy atom. The Labute approximate surface area is 63.0 Å². The van der Waals surface area contributed by atoms with Crippen molar-refractivity contribution in [3.05, 3.63) is 29.0 Å². The van der Waals surface area contributed by atoms with Crippen LogP contribution in [0, 0.1) is 0 Å². The van der Waals surface area contributed by atoms with Crippen LogP contribution in [0.2, 0.25) is 0 Å². The molecule has 5 nitrogen and oxygen atoms in total. The van der Waals surface area contributed by atoms with Crippen molar-refractivity contribution in [3.63, 3.8) is 0 Å². The molecule has 0 aromatic carbocycles. The van der Waals surface area contributed by atoms with Crippen molar-refractivity contribution >= 4 is 0 Å². The molecule has 1 aromatic heterocycles. The third-order valence-electron chi connectivity index (χ3n) is 1.29. The first kappa shape index (κ1) is 7.74. The molecule has 0 aliphatic rings. The van der Waals surface area contributed by atoms with E-state index in [9.17, 15) is 4.79 Å². The molecule has 0 saturated heterocycles. The number of nitrogens with zero attached hydrogens (tertiary/aromatic N) is 2. The Morgan fingerprint density at radius 3 is 3.09 bits per heavy atom. The summed E-state index contributed by atoms with van der Waals surface area (Å²) in [7, 11) is 0. The maximum atomic E-state index is 10.9. The summed E-state index contributed by atoms with van der Waals surface area (Å²) in [6, 6.07) is 0. The molecule has 2 N–H and O–H groups in total. The van der Waals surface area contributed by atoms with Gasteiger partial charge in [0.15, 0.2) is 5.82 Å². The highest BCUT2D eigenvalue weighted by atomic mass is 16.3. The molecule has 0 aliphatic heterocycles. The Hall–Kier alpha value is -1.36. The lowest BCUT2D eigenvalue weighted by Gasteiger charge is -1.96. The molecule has 0 saturated carbocycles. The monoisotopic (exact) mass is 155 g/mol. The Kier molecular flexibility index (Phi) is 2.22. The van der Waals surface area contributed by atoms with E-state index in [1.165, 1.54) is 4.57 Å². The van der Waals surface area contributed by atoms with Crippen molar-refractivity contribution < 1.29 is 5.11 Å². The van der Waals surface area contributed by atoms with Gasteiger partial charge in [0, 0.05) is 6.54 Å². The van der Waals surface area contributed by atoms with Gasteiger partial charge >= 0.3 is 5.69 Å². The lowest BCUT2D eigenvalue weighted by Crippen LogP contribution is -2.17. The van der Waals surface area contributed by atoms with Crippen LogP contribution in [0.4, 0.5) is 0 Å². The fraction of sp³-hybridized carbons (Fsp3) is 0.333. The number of rotatable bonds is 3. The molecule has 5 heteroatoms. The van der Waals surface area contributed by atoms with Crippen LogP contribution in [0.15, 0.2) is 17.4 Å². The molecule has 0 fully saturated rings. The number of aromatic amines is 1. The first-order valence-electron chi connectivity index (χ1n) is 3.15. The molecule has 0 amide bonds. The molecule has 60 valence electrons. The molecule has 1 rings (SSSR count). The molecular formula is C6H9N3O2. The first-order valence-corrected chi connectivity index (χ1v) is 3.15. The van der Waals surface area contributed by atoms with Gasteiger partial charge in [-0.25, -0.2) is 9.89 Å². The van der Waals surface area contributed by atoms with Gasteiger partial charge in [0.05, 0.1) is 0 Å². The summed E-state index contributed by atoms with van der Waals surface area (Å²) in [6.45, 7) is 3.59. The van der Waals surface area contributed by atoms with Crippen LogP contribution in [0.5, 0.6) is 0 Å². The molecule has 1 heterocycles. The van der Waals surface area contributed by atoms with E-state index < -0.39 is 0 Å². The van der Waals surface area contributed by atoms with Crippen LogP contribution in [0.3, 0.4) is 0 Å². The maximum Gasteiger partial charge on any atom is 0.343 e. The first-order chi connectivity index (χ1) is 5.29. The predicted molar refractivity (Wildman–Crippen MR) is 39.0 cm³/mol. The van der Waals surface area contributed by atoms with Crippen molar-refractivity contribution in [2.45, 2.75) is 13.2 Å². The maximum absolute atomic E-state index is 10.9. The van der Waals surface area contributed by atoms with Gasteiger partial charge in [-0.3, -0.25) is 4.57 Å². The average molecular weight is 155 g/mol. The van der Waals surface area contributed by atoms with Gasteiger partial charge in [0.1, 0.15) is 6.61 Å². The average Bonchev–Trinajstić information content (AvgIpc) is 2.34. The number of nitrogens with one attached hydrogen (secondary N) is 1. The summed E-state index contributed by atoms with van der Waals surface area (Å²) in [5.41, 5.74) is -0.325. The summed E-state index contributed by atoms with van der Waals surface area (Å²) in [4.78, 5) is 10.9. The van der Waals surface area contributed by atoms with Crippen LogP contribution in [-0.4, -0.2) is 19.9 Å². The number of hydrogen-bond acceptors (Lipinski definition) is 3. The Balaban J connectivity index is 3.06. The second-order valence-corrected chi connectivity index (χ2v) is 2.00. The normalized spacial score (nSPS) is 9.91. The molecule has 0 spiro atoms. The summed E-state index contributed by atoms with van der Waals surface area (Å²) >= 11 is 0. The Bertz CT molecular complexity index is 299. The summed E-state index contributed by atoms with van der Waals surface area (Å²) < 4.78 is 1.31. The van der Waals surface area contributed by atoms with Gasteiger partial charge in [-0.1, -0.05) is 6.08 Å². The lowest BCUT2D eigenvalue weighted by atomic mass is 10.5. The van der Waals surface area contributed by atoms with Gasteiger partial charge < -0.3 is 5.11 Å². The number of aliphatic hydroxyl groups excluding tert-OH is 1. The molecule has 11 heavy (non-hydrogen) atoms. The van der Waals surface area contributed by atoms with Crippen LogP contribution in [0.25, 0.3) is 0 Å². The highest BCUT2D eigenvalue weighted by Crippen LogP contribution is 1.89. The van der Waals surface area contributed by atoms with Crippen LogP contribution >= 0.6 is 0 Å². The second-order valence-electron chi connectivity index (χ2n) is 2.00. The zero-order valence-corrected chi connectivity index (χ0v) is 5.95. The van der Waals surface area contributed by atoms with Gasteiger partial charge in [0.2, 0.25) is 0 Å². The minimum absolute atomic E-state index is 0.243. The highest BCUT2D eigenvalue weighted by Gasteiger charge is 2.03. The standard InChI is InChI=1S/C6H9N3O2/c1-2-3-9-5(4-10)7-8-6(9)11/h2,10H,1,3-4H2,(H,8,11). The number of hydrogen-bond donors (Lipinski definition) is 2. The number of aliphatic hydroxyl groups is 1. The number of H-pyrrole nitrogens is 1. The van der Waals surface area contributed by atoms with Crippen LogP contribution < -0.4 is 5.69 Å². The zero-order valence-electron chi connectivity index (χ0n) is 5.95. The van der Waals surface area contributed by atoms with E-state index in [0.717, 1.165) is 0 Å². The van der Waals surface area contributed by atoms with Gasteiger partial charge in [-0.15, -0.1) is 6.58 Å². The van der Waals surface area contributed by atoms with E-state index in [4.69, 9.17) is 5.11 Å². The summed E-state index contributed by atoms with van der Waals surface area (Å²) in [5, 5.41) is 14.5. The van der Waals surface area contributed by atoms with Crippen molar-refractivity contribution in [1.29, 1.82) is 0 Å². The highest BCUT2D eigenvalue weighted by molar-refractivity contribution is 4.86. The van der Waals surface area contributed by atoms with Crippen molar-refractivity contribution in [2.24, 2.45) is 0 Å². The Morgan fingerprint density at radius 2 is 2.55 bits per heavy atom. The molecule has 0 aliphatic carbocycles. The van der Waals surface area contributed by atoms with Crippen molar-refractivity contribution in [2.75, 3.05) is 0 Å². The predicted octanol–water partition coefficient (Wildman–Crippen LogP) is -0.750. The number of allylic oxidation sites excluding steroid dienone is 1. The van der Waals surface area contributed by atoms with Crippen LogP contribution in [0.1, 0.15) is 5.82 Å². The van der Waals surface area contributed by atoms with Crippen LogP contribution in [-0.2, 0) is 13.2 Å². The SMILES string of the molecule is C=CCn1c(CO)n[nH]c1=O.